The van der Waals surface area contributed by atoms with Gasteiger partial charge in [-0.15, -0.1) is 22.0 Å². The second-order valence-corrected chi connectivity index (χ2v) is 8.91. The molecule has 3 heterocycles. The fraction of sp³-hybridized carbons (Fsp3) is 0.375. The van der Waals surface area contributed by atoms with Crippen LogP contribution in [0.3, 0.4) is 0 Å². The molecule has 32 heavy (non-hydrogen) atoms. The molecular weight excluding hydrogens is 532 g/mol. The normalized spacial score (nSPS) is 20.3. The molecule has 1 aromatic rings. The molecule has 2 aliphatic rings. The lowest BCUT2D eigenvalue weighted by Gasteiger charge is -2.49. The van der Waals surface area contributed by atoms with Gasteiger partial charge >= 0.3 is 5.97 Å². The topological polar surface area (TPSA) is 180 Å². The van der Waals surface area contributed by atoms with Gasteiger partial charge in [0.15, 0.2) is 0 Å². The number of carbonyl (C=O) groups excluding carboxylic acids is 4. The van der Waals surface area contributed by atoms with Gasteiger partial charge in [-0.3, -0.25) is 24.1 Å². The van der Waals surface area contributed by atoms with E-state index in [1.54, 1.807) is 0 Å². The van der Waals surface area contributed by atoms with E-state index in [9.17, 15) is 29.1 Å². The van der Waals surface area contributed by atoms with E-state index in [4.69, 9.17) is 0 Å². The Kier molecular flexibility index (Phi) is 7.25. The maximum absolute atomic E-state index is 12.7. The zero-order valence-corrected chi connectivity index (χ0v) is 19.7. The number of alkyl halides is 1. The molecule has 3 rings (SSSR count). The van der Waals surface area contributed by atoms with Gasteiger partial charge in [0.05, 0.1) is 5.33 Å². The first-order valence-electron chi connectivity index (χ1n) is 8.73. The lowest BCUT2D eigenvalue weighted by atomic mass is 10.0. The number of ketones is 1. The molecule has 170 valence electrons. The SMILES string of the molecule is CON=C(C(=O)CBr)C(=O)NC1C(=O)N2C(C(=O)O)=C(c3nnc(NC(C)=O)s3)CS[C@H]12. The van der Waals surface area contributed by atoms with Crippen molar-refractivity contribution < 1.29 is 33.9 Å². The molecule has 0 saturated carbocycles. The highest BCUT2D eigenvalue weighted by Crippen LogP contribution is 2.44. The van der Waals surface area contributed by atoms with Gasteiger partial charge < -0.3 is 20.6 Å². The number of aromatic nitrogens is 2. The molecule has 16 heteroatoms. The van der Waals surface area contributed by atoms with Gasteiger partial charge in [0.25, 0.3) is 11.8 Å². The van der Waals surface area contributed by atoms with Gasteiger partial charge in [0.2, 0.25) is 22.5 Å². The highest BCUT2D eigenvalue weighted by molar-refractivity contribution is 9.09. The summed E-state index contributed by atoms with van der Waals surface area (Å²) in [6.07, 6.45) is 0. The second-order valence-electron chi connectivity index (χ2n) is 6.27. The molecule has 3 amide bonds. The summed E-state index contributed by atoms with van der Waals surface area (Å²) in [4.78, 5) is 65.7. The molecule has 0 radical (unpaired) electrons. The number of nitrogens with zero attached hydrogens (tertiary/aromatic N) is 4. The summed E-state index contributed by atoms with van der Waals surface area (Å²) < 4.78 is 0. The average Bonchev–Trinajstić information content (AvgIpc) is 3.21. The predicted molar refractivity (Wildman–Crippen MR) is 117 cm³/mol. The first-order chi connectivity index (χ1) is 15.2. The molecule has 0 aliphatic carbocycles. The van der Waals surface area contributed by atoms with Crippen LogP contribution in [0.4, 0.5) is 5.13 Å². The van der Waals surface area contributed by atoms with Crippen LogP contribution in [0.2, 0.25) is 0 Å². The fourth-order valence-electron chi connectivity index (χ4n) is 2.91. The number of nitrogens with one attached hydrogen (secondary N) is 2. The number of amides is 3. The number of aliphatic carboxylic acids is 1. The molecule has 2 aliphatic heterocycles. The Morgan fingerprint density at radius 3 is 2.66 bits per heavy atom. The third-order valence-electron chi connectivity index (χ3n) is 4.21. The number of halogens is 1. The van der Waals surface area contributed by atoms with Crippen molar-refractivity contribution in [3.05, 3.63) is 10.7 Å². The van der Waals surface area contributed by atoms with E-state index in [0.29, 0.717) is 0 Å². The molecule has 1 fully saturated rings. The van der Waals surface area contributed by atoms with Gasteiger partial charge in [-0.05, 0) is 0 Å². The number of rotatable bonds is 8. The predicted octanol–water partition coefficient (Wildman–Crippen LogP) is -0.341. The van der Waals surface area contributed by atoms with Crippen molar-refractivity contribution in [2.24, 2.45) is 5.16 Å². The first kappa shape index (κ1) is 23.8. The third kappa shape index (κ3) is 4.51. The Hall–Kier alpha value is -2.85. The molecule has 0 aromatic carbocycles. The first-order valence-corrected chi connectivity index (χ1v) is 11.7. The zero-order valence-electron chi connectivity index (χ0n) is 16.4. The summed E-state index contributed by atoms with van der Waals surface area (Å²) in [5.74, 6) is -3.77. The summed E-state index contributed by atoms with van der Waals surface area (Å²) >= 11 is 5.12. The minimum atomic E-state index is -1.35. The quantitative estimate of drug-likeness (QED) is 0.128. The van der Waals surface area contributed by atoms with E-state index >= 15 is 0 Å². The summed E-state index contributed by atoms with van der Waals surface area (Å²) in [5, 5.41) is 25.3. The Morgan fingerprint density at radius 2 is 2.06 bits per heavy atom. The fourth-order valence-corrected chi connectivity index (χ4v) is 5.45. The smallest absolute Gasteiger partial charge is 0.353 e. The van der Waals surface area contributed by atoms with Crippen molar-refractivity contribution in [3.63, 3.8) is 0 Å². The van der Waals surface area contributed by atoms with Crippen LogP contribution < -0.4 is 10.6 Å². The van der Waals surface area contributed by atoms with Crippen LogP contribution in [0.5, 0.6) is 0 Å². The maximum atomic E-state index is 12.7. The van der Waals surface area contributed by atoms with E-state index in [0.717, 1.165) is 23.3 Å². The summed E-state index contributed by atoms with van der Waals surface area (Å²) in [7, 11) is 1.16. The molecule has 1 unspecified atom stereocenters. The molecule has 13 nitrogen and oxygen atoms in total. The number of carboxylic acids is 1. The maximum Gasteiger partial charge on any atom is 0.353 e. The van der Waals surface area contributed by atoms with Gasteiger partial charge in [-0.1, -0.05) is 32.4 Å². The van der Waals surface area contributed by atoms with Crippen molar-refractivity contribution in [2.75, 3.05) is 23.5 Å². The van der Waals surface area contributed by atoms with Crippen molar-refractivity contribution in [1.82, 2.24) is 20.4 Å². The standard InChI is InChI=1S/C16H15BrN6O7S2/c1-5(24)18-16-21-20-12(32-16)6-4-31-14-9(13(27)23(14)10(6)15(28)29)19-11(26)8(22-30-2)7(25)3-17/h9,14H,3-4H2,1-2H3,(H,19,26)(H,28,29)(H,18,21,24)/t9?,14-/m1/s1. The largest absolute Gasteiger partial charge is 0.477 e. The van der Waals surface area contributed by atoms with Crippen LogP contribution in [-0.2, 0) is 28.8 Å². The molecule has 2 atom stereocenters. The molecule has 0 bridgehead atoms. The monoisotopic (exact) mass is 546 g/mol. The number of oxime groups is 1. The minimum absolute atomic E-state index is 0.163. The summed E-state index contributed by atoms with van der Waals surface area (Å²) in [6.45, 7) is 1.30. The number of fused-ring (bicyclic) bond motifs is 1. The van der Waals surface area contributed by atoms with Gasteiger partial charge in [-0.25, -0.2) is 4.79 Å². The summed E-state index contributed by atoms with van der Waals surface area (Å²) in [6, 6.07) is -1.06. The van der Waals surface area contributed by atoms with Gasteiger partial charge in [0.1, 0.15) is 29.2 Å². The number of thioether (sulfide) groups is 1. The number of anilines is 1. The number of hydrogen-bond acceptors (Lipinski definition) is 11. The van der Waals surface area contributed by atoms with Crippen molar-refractivity contribution in [3.8, 4) is 0 Å². The van der Waals surface area contributed by atoms with Crippen LogP contribution in [0.15, 0.2) is 10.9 Å². The van der Waals surface area contributed by atoms with E-state index < -0.39 is 40.7 Å². The average molecular weight is 547 g/mol. The number of Topliss-reactive ketones (excluding diaryl/α,β-unsaturated/α-hetero) is 1. The minimum Gasteiger partial charge on any atom is -0.477 e. The molecule has 0 spiro atoms. The lowest BCUT2D eigenvalue weighted by Crippen LogP contribution is -2.71. The Morgan fingerprint density at radius 1 is 1.34 bits per heavy atom. The van der Waals surface area contributed by atoms with Gasteiger partial charge in [-0.2, -0.15) is 0 Å². The second kappa shape index (κ2) is 9.74. The Balaban J connectivity index is 1.84. The highest BCUT2D eigenvalue weighted by atomic mass is 79.9. The molecule has 1 saturated heterocycles. The number of hydrogen-bond donors (Lipinski definition) is 3. The zero-order chi connectivity index (χ0) is 23.6. The van der Waals surface area contributed by atoms with Crippen molar-refractivity contribution >= 4 is 84.9 Å². The third-order valence-corrected chi connectivity index (χ3v) is 6.89. The van der Waals surface area contributed by atoms with E-state index in [2.05, 4.69) is 46.8 Å². The number of carboxylic acid groups (broad SMARTS) is 1. The van der Waals surface area contributed by atoms with E-state index in [1.807, 2.05) is 0 Å². The molecule has 1 aromatic heterocycles. The van der Waals surface area contributed by atoms with Crippen LogP contribution in [-0.4, -0.2) is 85.0 Å². The Labute approximate surface area is 196 Å². The van der Waals surface area contributed by atoms with E-state index in [-0.39, 0.29) is 38.4 Å². The van der Waals surface area contributed by atoms with Crippen LogP contribution in [0.1, 0.15) is 11.9 Å². The van der Waals surface area contributed by atoms with Crippen LogP contribution in [0, 0.1) is 0 Å². The molecule has 3 N–H and O–H groups in total. The highest BCUT2D eigenvalue weighted by Gasteiger charge is 2.55. The van der Waals surface area contributed by atoms with Crippen LogP contribution in [0.25, 0.3) is 5.57 Å². The number of carbonyl (C=O) groups is 5. The van der Waals surface area contributed by atoms with Gasteiger partial charge in [0, 0.05) is 18.2 Å². The van der Waals surface area contributed by atoms with Crippen molar-refractivity contribution in [1.29, 1.82) is 0 Å². The lowest BCUT2D eigenvalue weighted by molar-refractivity contribution is -0.149. The number of β-lactam (4-membered cyclic amide) rings is 1. The summed E-state index contributed by atoms with van der Waals surface area (Å²) in [5.41, 5.74) is -0.537. The Bertz CT molecular complexity index is 1070. The van der Waals surface area contributed by atoms with E-state index in [1.165, 1.54) is 18.7 Å². The van der Waals surface area contributed by atoms with Crippen molar-refractivity contribution in [2.45, 2.75) is 18.3 Å². The molecular formula is C16H15BrN6O7S2. The van der Waals surface area contributed by atoms with Crippen LogP contribution >= 0.6 is 39.0 Å².